The first kappa shape index (κ1) is 20.0. The van der Waals surface area contributed by atoms with Gasteiger partial charge in [0.2, 0.25) is 0 Å². The summed E-state index contributed by atoms with van der Waals surface area (Å²) in [6.07, 6.45) is 7.92. The van der Waals surface area contributed by atoms with Crippen molar-refractivity contribution in [1.82, 2.24) is 18.7 Å². The van der Waals surface area contributed by atoms with E-state index in [1.807, 2.05) is 4.57 Å². The number of aryl methyl sites for hydroxylation is 2. The van der Waals surface area contributed by atoms with Gasteiger partial charge in [-0.3, -0.25) is 13.9 Å². The van der Waals surface area contributed by atoms with E-state index in [-0.39, 0.29) is 23.7 Å². The van der Waals surface area contributed by atoms with Gasteiger partial charge in [-0.05, 0) is 19.8 Å². The van der Waals surface area contributed by atoms with Crippen molar-refractivity contribution in [2.75, 3.05) is 13.1 Å². The Balaban J connectivity index is 0.00000288. The van der Waals surface area contributed by atoms with Gasteiger partial charge >= 0.3 is 5.69 Å². The summed E-state index contributed by atoms with van der Waals surface area (Å²) in [7, 11) is 3.11. The number of hydrogen-bond donors (Lipinski definition) is 1. The van der Waals surface area contributed by atoms with Gasteiger partial charge in [0.25, 0.3) is 5.56 Å². The second kappa shape index (κ2) is 8.18. The lowest BCUT2D eigenvalue weighted by Crippen LogP contribution is -3.15. The second-order valence-corrected chi connectivity index (χ2v) is 6.11. The molecule has 2 aromatic rings. The Bertz CT molecular complexity index is 856. The Morgan fingerprint density at radius 3 is 2.54 bits per heavy atom. The molecule has 0 saturated carbocycles. The molecule has 0 amide bonds. The van der Waals surface area contributed by atoms with Crippen LogP contribution < -0.4 is 28.6 Å². The third kappa shape index (κ3) is 3.71. The largest absolute Gasteiger partial charge is 1.00 e. The van der Waals surface area contributed by atoms with Gasteiger partial charge in [-0.25, -0.2) is 9.78 Å². The SMILES string of the molecule is C#CC[NH+](CCCn1cnc2c1c(=O)n(C)c(=O)n2C)C(C)C.[Cl-]. The fourth-order valence-corrected chi connectivity index (χ4v) is 2.76. The number of quaternary nitrogens is 1. The molecule has 1 N–H and O–H groups in total. The first-order valence-electron chi connectivity index (χ1n) is 7.77. The molecule has 2 aromatic heterocycles. The van der Waals surface area contributed by atoms with Crippen LogP contribution in [-0.2, 0) is 20.6 Å². The molecule has 132 valence electrons. The van der Waals surface area contributed by atoms with E-state index in [9.17, 15) is 9.59 Å². The van der Waals surface area contributed by atoms with Crippen molar-refractivity contribution in [3.05, 3.63) is 27.2 Å². The van der Waals surface area contributed by atoms with Crippen molar-refractivity contribution < 1.29 is 17.3 Å². The maximum absolute atomic E-state index is 12.3. The van der Waals surface area contributed by atoms with E-state index >= 15 is 0 Å². The van der Waals surface area contributed by atoms with Crippen LogP contribution in [0, 0.1) is 12.3 Å². The van der Waals surface area contributed by atoms with E-state index < -0.39 is 0 Å². The number of rotatable bonds is 6. The van der Waals surface area contributed by atoms with Gasteiger partial charge in [-0.15, -0.1) is 6.42 Å². The first-order valence-corrected chi connectivity index (χ1v) is 7.77. The van der Waals surface area contributed by atoms with Crippen LogP contribution in [0.1, 0.15) is 20.3 Å². The minimum Gasteiger partial charge on any atom is -1.00 e. The standard InChI is InChI=1S/C16H23N5O2.ClH/c1-6-8-20(12(2)3)9-7-10-21-11-17-14-13(21)15(22)19(5)16(23)18(14)4;/h1,11-12H,7-10H2,2-5H3;1H. The van der Waals surface area contributed by atoms with Crippen LogP contribution in [0.3, 0.4) is 0 Å². The van der Waals surface area contributed by atoms with Gasteiger partial charge in [-0.1, -0.05) is 0 Å². The first-order chi connectivity index (χ1) is 10.9. The van der Waals surface area contributed by atoms with Gasteiger partial charge in [0.1, 0.15) is 6.54 Å². The summed E-state index contributed by atoms with van der Waals surface area (Å²) in [5, 5.41) is 0. The monoisotopic (exact) mass is 353 g/mol. The molecule has 2 heterocycles. The fraction of sp³-hybridized carbons (Fsp3) is 0.562. The summed E-state index contributed by atoms with van der Waals surface area (Å²) in [5.41, 5.74) is 0.224. The summed E-state index contributed by atoms with van der Waals surface area (Å²) >= 11 is 0. The topological polar surface area (TPSA) is 66.3 Å². The number of terminal acetylenes is 1. The van der Waals surface area contributed by atoms with E-state index in [4.69, 9.17) is 6.42 Å². The maximum Gasteiger partial charge on any atom is 0.332 e. The van der Waals surface area contributed by atoms with Crippen LogP contribution in [0.5, 0.6) is 0 Å². The molecule has 1 unspecified atom stereocenters. The maximum atomic E-state index is 12.3. The molecule has 7 nitrogen and oxygen atoms in total. The van der Waals surface area contributed by atoms with E-state index in [2.05, 4.69) is 24.8 Å². The molecule has 0 radical (unpaired) electrons. The van der Waals surface area contributed by atoms with E-state index in [0.29, 0.717) is 30.3 Å². The Morgan fingerprint density at radius 1 is 1.29 bits per heavy atom. The summed E-state index contributed by atoms with van der Waals surface area (Å²) in [6, 6.07) is 0.458. The number of nitrogens with zero attached hydrogens (tertiary/aromatic N) is 4. The minimum absolute atomic E-state index is 0. The van der Waals surface area contributed by atoms with Crippen molar-refractivity contribution in [3.8, 4) is 12.3 Å². The number of nitrogens with one attached hydrogen (secondary N) is 1. The zero-order valence-corrected chi connectivity index (χ0v) is 15.3. The number of imidazole rings is 1. The van der Waals surface area contributed by atoms with Crippen LogP contribution in [-0.4, -0.2) is 37.8 Å². The Morgan fingerprint density at radius 2 is 1.96 bits per heavy atom. The molecule has 0 saturated heterocycles. The molecule has 0 aliphatic carbocycles. The fourth-order valence-electron chi connectivity index (χ4n) is 2.76. The molecule has 1 atom stereocenters. The van der Waals surface area contributed by atoms with Gasteiger partial charge < -0.3 is 21.9 Å². The lowest BCUT2D eigenvalue weighted by Gasteiger charge is -2.21. The molecule has 0 aliphatic heterocycles. The Labute approximate surface area is 147 Å². The molecule has 8 heteroatoms. The quantitative estimate of drug-likeness (QED) is 0.535. The van der Waals surface area contributed by atoms with Crippen molar-refractivity contribution >= 4 is 11.2 Å². The van der Waals surface area contributed by atoms with Crippen molar-refractivity contribution in [2.24, 2.45) is 14.1 Å². The molecule has 24 heavy (non-hydrogen) atoms. The average Bonchev–Trinajstić information content (AvgIpc) is 2.94. The summed E-state index contributed by atoms with van der Waals surface area (Å²) < 4.78 is 4.34. The normalized spacial score (nSPS) is 12.2. The van der Waals surface area contributed by atoms with Crippen molar-refractivity contribution in [3.63, 3.8) is 0 Å². The minimum atomic E-state index is -0.364. The van der Waals surface area contributed by atoms with Gasteiger partial charge in [0.05, 0.1) is 18.9 Å². The van der Waals surface area contributed by atoms with Crippen LogP contribution in [0.2, 0.25) is 0 Å². The smallest absolute Gasteiger partial charge is 0.332 e. The third-order valence-electron chi connectivity index (χ3n) is 4.26. The van der Waals surface area contributed by atoms with Crippen LogP contribution in [0.25, 0.3) is 11.2 Å². The van der Waals surface area contributed by atoms with Crippen molar-refractivity contribution in [1.29, 1.82) is 0 Å². The zero-order valence-electron chi connectivity index (χ0n) is 14.5. The Hall–Kier alpha value is -2.04. The van der Waals surface area contributed by atoms with Crippen LogP contribution >= 0.6 is 0 Å². The molecule has 0 aliphatic rings. The van der Waals surface area contributed by atoms with E-state index in [1.165, 1.54) is 16.5 Å². The number of hydrogen-bond acceptors (Lipinski definition) is 3. The third-order valence-corrected chi connectivity index (χ3v) is 4.26. The van der Waals surface area contributed by atoms with Crippen LogP contribution in [0.4, 0.5) is 0 Å². The average molecular weight is 354 g/mol. The highest BCUT2D eigenvalue weighted by Crippen LogP contribution is 2.05. The molecule has 0 fully saturated rings. The molecule has 0 aromatic carbocycles. The molecule has 2 rings (SSSR count). The lowest BCUT2D eigenvalue weighted by molar-refractivity contribution is -0.914. The van der Waals surface area contributed by atoms with Gasteiger partial charge in [0, 0.05) is 27.1 Å². The highest BCUT2D eigenvalue weighted by Gasteiger charge is 2.15. The van der Waals surface area contributed by atoms with E-state index in [1.54, 1.807) is 13.4 Å². The highest BCUT2D eigenvalue weighted by molar-refractivity contribution is 5.69. The van der Waals surface area contributed by atoms with E-state index in [0.717, 1.165) is 17.5 Å². The molecular weight excluding hydrogens is 330 g/mol. The summed E-state index contributed by atoms with van der Waals surface area (Å²) in [5.74, 6) is 2.71. The van der Waals surface area contributed by atoms with Crippen LogP contribution in [0.15, 0.2) is 15.9 Å². The second-order valence-electron chi connectivity index (χ2n) is 6.11. The number of halogens is 1. The zero-order chi connectivity index (χ0) is 17.1. The van der Waals surface area contributed by atoms with Gasteiger partial charge in [0.15, 0.2) is 11.2 Å². The molecule has 0 bridgehead atoms. The lowest BCUT2D eigenvalue weighted by atomic mass is 10.3. The van der Waals surface area contributed by atoms with Crippen molar-refractivity contribution in [2.45, 2.75) is 32.9 Å². The number of aromatic nitrogens is 4. The summed E-state index contributed by atoms with van der Waals surface area (Å²) in [4.78, 5) is 29.8. The predicted molar refractivity (Wildman–Crippen MR) is 89.5 cm³/mol. The Kier molecular flexibility index (Phi) is 6.81. The molecular formula is C16H24ClN5O2. The molecule has 0 spiro atoms. The highest BCUT2D eigenvalue weighted by atomic mass is 35.5. The summed E-state index contributed by atoms with van der Waals surface area (Å²) in [6.45, 7) is 6.58. The predicted octanol–water partition coefficient (Wildman–Crippen LogP) is -4.25. The number of fused-ring (bicyclic) bond motifs is 1. The van der Waals surface area contributed by atoms with Gasteiger partial charge in [-0.2, -0.15) is 0 Å².